The lowest BCUT2D eigenvalue weighted by Crippen LogP contribution is -1.86. The van der Waals surface area contributed by atoms with Crippen molar-refractivity contribution in [3.63, 3.8) is 0 Å². The summed E-state index contributed by atoms with van der Waals surface area (Å²) in [6.07, 6.45) is 2.60. The van der Waals surface area contributed by atoms with Gasteiger partial charge in [-0.2, -0.15) is 0 Å². The first-order valence-corrected chi connectivity index (χ1v) is 4.61. The Balaban J connectivity index is 0.000000583. The van der Waals surface area contributed by atoms with Crippen LogP contribution in [0.15, 0.2) is 30.9 Å². The molecule has 0 bridgehead atoms. The van der Waals surface area contributed by atoms with E-state index in [9.17, 15) is 5.11 Å². The molecule has 0 aromatic heterocycles. The zero-order chi connectivity index (χ0) is 11.7. The highest BCUT2D eigenvalue weighted by atomic mass is 32.1. The molecule has 0 aliphatic rings. The molecule has 0 unspecified atom stereocenters. The summed E-state index contributed by atoms with van der Waals surface area (Å²) in [5.74, 6) is 0.680. The lowest BCUT2D eigenvalue weighted by Gasteiger charge is -2.04. The molecule has 1 rings (SSSR count). The Hall–Kier alpha value is -1.64. The maximum Gasteiger partial charge on any atom is 0.160 e. The number of hydrogen-bond donors (Lipinski definition) is 2. The van der Waals surface area contributed by atoms with Crippen molar-refractivity contribution in [3.8, 4) is 11.5 Å². The molecule has 0 atom stereocenters. The van der Waals surface area contributed by atoms with Gasteiger partial charge < -0.3 is 9.84 Å². The second kappa shape index (κ2) is 7.74. The van der Waals surface area contributed by atoms with Crippen molar-refractivity contribution in [1.29, 1.82) is 5.41 Å². The highest BCUT2D eigenvalue weighted by molar-refractivity contribution is 7.78. The summed E-state index contributed by atoms with van der Waals surface area (Å²) >= 11 is 3.81. The Bertz CT molecular complexity index is 358. The fourth-order valence-corrected chi connectivity index (χ4v) is 1.02. The number of hydrogen-bond acceptors (Lipinski definition) is 4. The molecule has 1 aromatic carbocycles. The molecule has 4 heteroatoms. The number of allylic oxidation sites excluding steroid dienone is 1. The van der Waals surface area contributed by atoms with Crippen LogP contribution in [0.4, 0.5) is 0 Å². The van der Waals surface area contributed by atoms with E-state index < -0.39 is 0 Å². The van der Waals surface area contributed by atoms with Gasteiger partial charge in [-0.15, -0.1) is 6.58 Å². The molecular formula is C11H13NO2S. The minimum atomic E-state index is 0.172. The number of aromatic hydroxyl groups is 1. The number of benzene rings is 1. The summed E-state index contributed by atoms with van der Waals surface area (Å²) in [6.45, 7) is 3.63. The zero-order valence-corrected chi connectivity index (χ0v) is 9.30. The van der Waals surface area contributed by atoms with E-state index in [0.717, 1.165) is 12.0 Å². The molecule has 1 aromatic rings. The number of phenolic OH excluding ortho intramolecular Hbond substituents is 1. The maximum absolute atomic E-state index is 9.25. The molecule has 0 saturated heterocycles. The monoisotopic (exact) mass is 223 g/mol. The van der Waals surface area contributed by atoms with Gasteiger partial charge in [0.05, 0.1) is 12.3 Å². The van der Waals surface area contributed by atoms with E-state index in [-0.39, 0.29) is 5.75 Å². The van der Waals surface area contributed by atoms with Gasteiger partial charge in [0.2, 0.25) is 0 Å². The topological polar surface area (TPSA) is 53.3 Å². The second-order valence-electron chi connectivity index (χ2n) is 2.60. The van der Waals surface area contributed by atoms with Crippen LogP contribution in [0.2, 0.25) is 0 Å². The lowest BCUT2D eigenvalue weighted by molar-refractivity contribution is 0.373. The predicted molar refractivity (Wildman–Crippen MR) is 63.9 cm³/mol. The summed E-state index contributed by atoms with van der Waals surface area (Å²) in [5.41, 5.74) is 1.08. The number of methoxy groups -OCH3 is 1. The summed E-state index contributed by atoms with van der Waals surface area (Å²) < 4.78 is 4.95. The summed E-state index contributed by atoms with van der Waals surface area (Å²) in [4.78, 5) is 0. The van der Waals surface area contributed by atoms with Crippen molar-refractivity contribution in [3.05, 3.63) is 36.4 Å². The molecule has 0 spiro atoms. The van der Waals surface area contributed by atoms with Crippen molar-refractivity contribution in [2.45, 2.75) is 6.42 Å². The Morgan fingerprint density at radius 2 is 2.27 bits per heavy atom. The third kappa shape index (κ3) is 4.96. The van der Waals surface area contributed by atoms with E-state index in [2.05, 4.69) is 18.8 Å². The third-order valence-electron chi connectivity index (χ3n) is 1.62. The van der Waals surface area contributed by atoms with Crippen molar-refractivity contribution in [2.24, 2.45) is 0 Å². The van der Waals surface area contributed by atoms with E-state index >= 15 is 0 Å². The SMILES string of the molecule is C=CCc1ccc(O)c(OC)c1.N=C=S. The van der Waals surface area contributed by atoms with Crippen LogP contribution in [0, 0.1) is 5.41 Å². The first-order valence-electron chi connectivity index (χ1n) is 4.20. The zero-order valence-electron chi connectivity index (χ0n) is 8.49. The van der Waals surface area contributed by atoms with Crippen LogP contribution in [0.25, 0.3) is 0 Å². The minimum absolute atomic E-state index is 0.172. The normalized spacial score (nSPS) is 8.07. The lowest BCUT2D eigenvalue weighted by atomic mass is 10.1. The van der Waals surface area contributed by atoms with Crippen molar-refractivity contribution in [1.82, 2.24) is 0 Å². The van der Waals surface area contributed by atoms with Gasteiger partial charge in [0.25, 0.3) is 0 Å². The summed E-state index contributed by atoms with van der Waals surface area (Å²) in [5, 5.41) is 16.6. The van der Waals surface area contributed by atoms with Gasteiger partial charge in [0, 0.05) is 0 Å². The van der Waals surface area contributed by atoms with Crippen LogP contribution in [0.5, 0.6) is 11.5 Å². The third-order valence-corrected chi connectivity index (χ3v) is 1.62. The molecule has 0 heterocycles. The number of ether oxygens (including phenoxy) is 1. The van der Waals surface area contributed by atoms with Crippen molar-refractivity contribution < 1.29 is 9.84 Å². The van der Waals surface area contributed by atoms with Crippen LogP contribution in [0.3, 0.4) is 0 Å². The van der Waals surface area contributed by atoms with Gasteiger partial charge in [-0.05, 0) is 36.3 Å². The molecule has 0 radical (unpaired) electrons. The van der Waals surface area contributed by atoms with Gasteiger partial charge in [-0.1, -0.05) is 12.1 Å². The van der Waals surface area contributed by atoms with Gasteiger partial charge in [-0.25, -0.2) is 5.41 Å². The van der Waals surface area contributed by atoms with Crippen LogP contribution in [-0.2, 0) is 6.42 Å². The smallest absolute Gasteiger partial charge is 0.160 e. The molecule has 0 amide bonds. The quantitative estimate of drug-likeness (QED) is 0.470. The molecule has 2 N–H and O–H groups in total. The average Bonchev–Trinajstić information content (AvgIpc) is 2.22. The molecule has 80 valence electrons. The van der Waals surface area contributed by atoms with E-state index in [4.69, 9.17) is 10.1 Å². The molecule has 3 nitrogen and oxygen atoms in total. The molecule has 0 fully saturated rings. The Labute approximate surface area is 94.5 Å². The second-order valence-corrected chi connectivity index (χ2v) is 2.81. The summed E-state index contributed by atoms with van der Waals surface area (Å²) in [7, 11) is 1.53. The fourth-order valence-electron chi connectivity index (χ4n) is 1.02. The average molecular weight is 223 g/mol. The van der Waals surface area contributed by atoms with Gasteiger partial charge in [0.15, 0.2) is 11.5 Å². The van der Waals surface area contributed by atoms with Crippen molar-refractivity contribution >= 4 is 17.4 Å². The Kier molecular flexibility index (Phi) is 6.89. The van der Waals surface area contributed by atoms with E-state index in [1.807, 2.05) is 12.1 Å². The molecule has 15 heavy (non-hydrogen) atoms. The Morgan fingerprint density at radius 3 is 2.73 bits per heavy atom. The van der Waals surface area contributed by atoms with Crippen molar-refractivity contribution in [2.75, 3.05) is 7.11 Å². The molecular weight excluding hydrogens is 210 g/mol. The van der Waals surface area contributed by atoms with E-state index in [1.54, 1.807) is 17.3 Å². The number of rotatable bonds is 3. The highest BCUT2D eigenvalue weighted by Gasteiger charge is 2.00. The molecule has 0 aliphatic carbocycles. The maximum atomic E-state index is 9.25. The first-order chi connectivity index (χ1) is 7.19. The molecule has 0 saturated carbocycles. The first kappa shape index (κ1) is 13.4. The van der Waals surface area contributed by atoms with E-state index in [1.165, 1.54) is 7.11 Å². The van der Waals surface area contributed by atoms with Gasteiger partial charge in [0.1, 0.15) is 0 Å². The summed E-state index contributed by atoms with van der Waals surface area (Å²) in [6, 6.07) is 5.27. The standard InChI is InChI=1S/C10H12O2.CHNS/c1-3-4-8-5-6-9(11)10(7-8)12-2;2-1-3/h3,5-7,11H,1,4H2,2H3;2H. The largest absolute Gasteiger partial charge is 0.504 e. The predicted octanol–water partition coefficient (Wildman–Crippen LogP) is 2.80. The van der Waals surface area contributed by atoms with Crippen LogP contribution >= 0.6 is 12.2 Å². The molecule has 0 aliphatic heterocycles. The fraction of sp³-hybridized carbons (Fsp3) is 0.182. The van der Waals surface area contributed by atoms with Gasteiger partial charge >= 0.3 is 0 Å². The Morgan fingerprint density at radius 1 is 1.67 bits per heavy atom. The number of isothiocyanates is 1. The minimum Gasteiger partial charge on any atom is -0.504 e. The van der Waals surface area contributed by atoms with Gasteiger partial charge in [-0.3, -0.25) is 0 Å². The van der Waals surface area contributed by atoms with Crippen LogP contribution in [0.1, 0.15) is 5.56 Å². The van der Waals surface area contributed by atoms with Crippen LogP contribution in [-0.4, -0.2) is 17.4 Å². The van der Waals surface area contributed by atoms with Crippen LogP contribution < -0.4 is 4.74 Å². The number of thiocarbonyl (C=S) groups is 1. The van der Waals surface area contributed by atoms with E-state index in [0.29, 0.717) is 5.75 Å². The highest BCUT2D eigenvalue weighted by Crippen LogP contribution is 2.26. The number of phenols is 1. The number of nitrogens with one attached hydrogen (secondary N) is 1.